The first-order chi connectivity index (χ1) is 11.1. The molecule has 1 aliphatic rings. The standard InChI is InChI=1S/C19H29NO3/c1-4-22-18-7-6-16(14-19(18)23-5-2)17(21)10-13-20-11-8-15(3)9-12-20/h6-7,14-15H,4-5,8-13H2,1-3H3. The van der Waals surface area contributed by atoms with E-state index in [9.17, 15) is 4.79 Å². The van der Waals surface area contributed by atoms with Crippen molar-refractivity contribution in [1.29, 1.82) is 0 Å². The second-order valence-electron chi connectivity index (χ2n) is 6.22. The van der Waals surface area contributed by atoms with Crippen LogP contribution in [0, 0.1) is 5.92 Å². The maximum atomic E-state index is 12.5. The predicted molar refractivity (Wildman–Crippen MR) is 92.6 cm³/mol. The molecule has 0 aromatic heterocycles. The molecule has 1 aromatic carbocycles. The van der Waals surface area contributed by atoms with Crippen molar-refractivity contribution in [3.05, 3.63) is 23.8 Å². The summed E-state index contributed by atoms with van der Waals surface area (Å²) >= 11 is 0. The fourth-order valence-corrected chi connectivity index (χ4v) is 2.91. The molecule has 0 saturated carbocycles. The Hall–Kier alpha value is -1.55. The summed E-state index contributed by atoms with van der Waals surface area (Å²) in [5, 5.41) is 0. The average molecular weight is 319 g/mol. The summed E-state index contributed by atoms with van der Waals surface area (Å²) in [5.74, 6) is 2.36. The molecule has 1 heterocycles. The highest BCUT2D eigenvalue weighted by Crippen LogP contribution is 2.29. The van der Waals surface area contributed by atoms with Crippen LogP contribution in [0.1, 0.15) is 50.4 Å². The predicted octanol–water partition coefficient (Wildman–Crippen LogP) is 3.79. The third kappa shape index (κ3) is 5.24. The van der Waals surface area contributed by atoms with Gasteiger partial charge in [0.25, 0.3) is 0 Å². The lowest BCUT2D eigenvalue weighted by Crippen LogP contribution is -2.34. The molecule has 0 radical (unpaired) electrons. The van der Waals surface area contributed by atoms with Gasteiger partial charge in [0.05, 0.1) is 13.2 Å². The molecule has 4 nitrogen and oxygen atoms in total. The van der Waals surface area contributed by atoms with Gasteiger partial charge in [-0.25, -0.2) is 0 Å². The van der Waals surface area contributed by atoms with Gasteiger partial charge in [0.15, 0.2) is 17.3 Å². The van der Waals surface area contributed by atoms with Gasteiger partial charge in [-0.15, -0.1) is 0 Å². The van der Waals surface area contributed by atoms with Crippen LogP contribution in [0.2, 0.25) is 0 Å². The van der Waals surface area contributed by atoms with Crippen molar-refractivity contribution >= 4 is 5.78 Å². The van der Waals surface area contributed by atoms with Gasteiger partial charge < -0.3 is 14.4 Å². The Kier molecular flexibility index (Phi) is 6.90. The maximum Gasteiger partial charge on any atom is 0.164 e. The third-order valence-electron chi connectivity index (χ3n) is 4.40. The van der Waals surface area contributed by atoms with E-state index in [1.54, 1.807) is 0 Å². The molecular weight excluding hydrogens is 290 g/mol. The number of likely N-dealkylation sites (tertiary alicyclic amines) is 1. The van der Waals surface area contributed by atoms with E-state index in [-0.39, 0.29) is 5.78 Å². The van der Waals surface area contributed by atoms with Crippen molar-refractivity contribution in [2.24, 2.45) is 5.92 Å². The van der Waals surface area contributed by atoms with Crippen LogP contribution in [0.4, 0.5) is 0 Å². The second-order valence-corrected chi connectivity index (χ2v) is 6.22. The molecule has 0 aliphatic carbocycles. The first-order valence-corrected chi connectivity index (χ1v) is 8.79. The lowest BCUT2D eigenvalue weighted by Gasteiger charge is -2.29. The number of hydrogen-bond acceptors (Lipinski definition) is 4. The lowest BCUT2D eigenvalue weighted by atomic mass is 9.99. The highest BCUT2D eigenvalue weighted by atomic mass is 16.5. The molecule has 4 heteroatoms. The van der Waals surface area contributed by atoms with Crippen molar-refractivity contribution in [3.63, 3.8) is 0 Å². The molecule has 0 spiro atoms. The van der Waals surface area contributed by atoms with Gasteiger partial charge >= 0.3 is 0 Å². The monoisotopic (exact) mass is 319 g/mol. The molecule has 0 unspecified atom stereocenters. The third-order valence-corrected chi connectivity index (χ3v) is 4.40. The van der Waals surface area contributed by atoms with Crippen molar-refractivity contribution < 1.29 is 14.3 Å². The molecule has 1 aromatic rings. The van der Waals surface area contributed by atoms with Gasteiger partial charge in [-0.1, -0.05) is 6.92 Å². The Morgan fingerprint density at radius 2 is 1.78 bits per heavy atom. The average Bonchev–Trinajstić information content (AvgIpc) is 2.56. The number of carbonyl (C=O) groups excluding carboxylic acids is 1. The van der Waals surface area contributed by atoms with Crippen LogP contribution < -0.4 is 9.47 Å². The smallest absolute Gasteiger partial charge is 0.164 e. The number of ether oxygens (including phenoxy) is 2. The van der Waals surface area contributed by atoms with Crippen LogP contribution in [-0.2, 0) is 0 Å². The number of rotatable bonds is 8. The summed E-state index contributed by atoms with van der Waals surface area (Å²) in [6, 6.07) is 5.49. The van der Waals surface area contributed by atoms with Crippen LogP contribution >= 0.6 is 0 Å². The SMILES string of the molecule is CCOc1ccc(C(=O)CCN2CCC(C)CC2)cc1OCC. The minimum Gasteiger partial charge on any atom is -0.490 e. The Labute approximate surface area is 139 Å². The zero-order valence-electron chi connectivity index (χ0n) is 14.6. The van der Waals surface area contributed by atoms with Crippen LogP contribution in [0.15, 0.2) is 18.2 Å². The number of piperidine rings is 1. The van der Waals surface area contributed by atoms with Gasteiger partial charge in [-0.05, 0) is 63.9 Å². The zero-order valence-corrected chi connectivity index (χ0v) is 14.6. The van der Waals surface area contributed by atoms with E-state index >= 15 is 0 Å². The first kappa shape index (κ1) is 17.8. The van der Waals surface area contributed by atoms with E-state index in [1.807, 2.05) is 32.0 Å². The minimum atomic E-state index is 0.174. The van der Waals surface area contributed by atoms with E-state index in [0.717, 1.165) is 25.6 Å². The highest BCUT2D eigenvalue weighted by molar-refractivity contribution is 5.96. The van der Waals surface area contributed by atoms with E-state index in [0.29, 0.717) is 36.7 Å². The van der Waals surface area contributed by atoms with Crippen molar-refractivity contribution in [3.8, 4) is 11.5 Å². The van der Waals surface area contributed by atoms with E-state index in [2.05, 4.69) is 11.8 Å². The van der Waals surface area contributed by atoms with Gasteiger partial charge in [-0.3, -0.25) is 4.79 Å². The van der Waals surface area contributed by atoms with Crippen molar-refractivity contribution in [2.45, 2.75) is 40.0 Å². The van der Waals surface area contributed by atoms with Gasteiger partial charge in [0.1, 0.15) is 0 Å². The molecule has 0 bridgehead atoms. The number of hydrogen-bond donors (Lipinski definition) is 0. The topological polar surface area (TPSA) is 38.8 Å². The van der Waals surface area contributed by atoms with E-state index < -0.39 is 0 Å². The summed E-state index contributed by atoms with van der Waals surface area (Å²) < 4.78 is 11.1. The maximum absolute atomic E-state index is 12.5. The fourth-order valence-electron chi connectivity index (χ4n) is 2.91. The van der Waals surface area contributed by atoms with Crippen LogP contribution in [0.3, 0.4) is 0 Å². The summed E-state index contributed by atoms with van der Waals surface area (Å²) in [5.41, 5.74) is 0.710. The highest BCUT2D eigenvalue weighted by Gasteiger charge is 2.17. The number of Topliss-reactive ketones (excluding diaryl/α,β-unsaturated/α-hetero) is 1. The number of benzene rings is 1. The number of ketones is 1. The second kappa shape index (κ2) is 8.92. The zero-order chi connectivity index (χ0) is 16.7. The largest absolute Gasteiger partial charge is 0.490 e. The molecule has 23 heavy (non-hydrogen) atoms. The molecule has 1 saturated heterocycles. The Balaban J connectivity index is 1.94. The van der Waals surface area contributed by atoms with Crippen LogP contribution in [0.5, 0.6) is 11.5 Å². The fraction of sp³-hybridized carbons (Fsp3) is 0.632. The quantitative estimate of drug-likeness (QED) is 0.683. The summed E-state index contributed by atoms with van der Waals surface area (Å²) in [6.45, 7) is 10.4. The summed E-state index contributed by atoms with van der Waals surface area (Å²) in [4.78, 5) is 14.9. The molecule has 0 atom stereocenters. The van der Waals surface area contributed by atoms with Crippen LogP contribution in [-0.4, -0.2) is 43.5 Å². The molecular formula is C19H29NO3. The van der Waals surface area contributed by atoms with E-state index in [4.69, 9.17) is 9.47 Å². The van der Waals surface area contributed by atoms with Gasteiger partial charge in [0, 0.05) is 18.5 Å². The summed E-state index contributed by atoms with van der Waals surface area (Å²) in [7, 11) is 0. The van der Waals surface area contributed by atoms with Crippen molar-refractivity contribution in [2.75, 3.05) is 32.8 Å². The van der Waals surface area contributed by atoms with Gasteiger partial charge in [0.2, 0.25) is 0 Å². The molecule has 1 aliphatic heterocycles. The lowest BCUT2D eigenvalue weighted by molar-refractivity contribution is 0.0952. The number of nitrogens with zero attached hydrogens (tertiary/aromatic N) is 1. The summed E-state index contributed by atoms with van der Waals surface area (Å²) in [6.07, 6.45) is 3.05. The van der Waals surface area contributed by atoms with Crippen molar-refractivity contribution in [1.82, 2.24) is 4.90 Å². The van der Waals surface area contributed by atoms with Gasteiger partial charge in [-0.2, -0.15) is 0 Å². The Bertz CT molecular complexity index is 507. The molecule has 128 valence electrons. The first-order valence-electron chi connectivity index (χ1n) is 8.79. The molecule has 1 fully saturated rings. The van der Waals surface area contributed by atoms with E-state index in [1.165, 1.54) is 12.8 Å². The molecule has 0 N–H and O–H groups in total. The Morgan fingerprint density at radius 1 is 1.13 bits per heavy atom. The Morgan fingerprint density at radius 3 is 2.43 bits per heavy atom. The van der Waals surface area contributed by atoms with Crippen LogP contribution in [0.25, 0.3) is 0 Å². The minimum absolute atomic E-state index is 0.174. The number of carbonyl (C=O) groups is 1. The molecule has 0 amide bonds. The molecule has 2 rings (SSSR count). The normalized spacial score (nSPS) is 16.3.